The van der Waals surface area contributed by atoms with Crippen LogP contribution in [0.3, 0.4) is 0 Å². The molecule has 0 radical (unpaired) electrons. The van der Waals surface area contributed by atoms with Gasteiger partial charge >= 0.3 is 0 Å². The maximum Gasteiger partial charge on any atom is 0.233 e. The lowest BCUT2D eigenvalue weighted by atomic mass is 10.2. The smallest absolute Gasteiger partial charge is 0.233 e. The molecule has 1 aromatic carbocycles. The van der Waals surface area contributed by atoms with E-state index in [0.717, 1.165) is 15.9 Å². The number of amides is 1. The highest BCUT2D eigenvalue weighted by molar-refractivity contribution is 9.10. The van der Waals surface area contributed by atoms with Crippen LogP contribution in [-0.2, 0) is 4.79 Å². The fourth-order valence-corrected chi connectivity index (χ4v) is 2.71. The highest BCUT2D eigenvalue weighted by Gasteiger charge is 2.15. The van der Waals surface area contributed by atoms with Crippen molar-refractivity contribution in [1.82, 2.24) is 5.32 Å². The molecule has 0 heterocycles. The average Bonchev–Trinajstić information content (AvgIpc) is 2.28. The van der Waals surface area contributed by atoms with Gasteiger partial charge in [-0.05, 0) is 40.9 Å². The summed E-state index contributed by atoms with van der Waals surface area (Å²) < 4.78 is 1.04. The zero-order valence-corrected chi connectivity index (χ0v) is 12.8. The SMILES string of the molecule is CC(C)CNC(=O)C(C)Sc1ccccc1Br. The molecule has 0 spiro atoms. The summed E-state index contributed by atoms with van der Waals surface area (Å²) in [7, 11) is 0. The van der Waals surface area contributed by atoms with Gasteiger partial charge in [0.2, 0.25) is 5.91 Å². The molecule has 0 aliphatic carbocycles. The molecule has 1 atom stereocenters. The Balaban J connectivity index is 2.51. The quantitative estimate of drug-likeness (QED) is 0.839. The van der Waals surface area contributed by atoms with E-state index in [-0.39, 0.29) is 11.2 Å². The first-order valence-corrected chi connectivity index (χ1v) is 7.37. The summed E-state index contributed by atoms with van der Waals surface area (Å²) in [5.74, 6) is 0.582. The maximum absolute atomic E-state index is 11.8. The van der Waals surface area contributed by atoms with E-state index in [0.29, 0.717) is 5.92 Å². The van der Waals surface area contributed by atoms with Crippen molar-refractivity contribution >= 4 is 33.6 Å². The molecule has 17 heavy (non-hydrogen) atoms. The zero-order valence-electron chi connectivity index (χ0n) is 10.4. The van der Waals surface area contributed by atoms with E-state index in [1.807, 2.05) is 31.2 Å². The van der Waals surface area contributed by atoms with Crippen LogP contribution in [0.15, 0.2) is 33.6 Å². The fraction of sp³-hybridized carbons (Fsp3) is 0.462. The molecule has 1 amide bonds. The summed E-state index contributed by atoms with van der Waals surface area (Å²) in [5, 5.41) is 2.87. The molecule has 1 unspecified atom stereocenters. The first kappa shape index (κ1) is 14.6. The molecule has 0 fully saturated rings. The summed E-state index contributed by atoms with van der Waals surface area (Å²) in [5.41, 5.74) is 0. The summed E-state index contributed by atoms with van der Waals surface area (Å²) in [6.07, 6.45) is 0. The largest absolute Gasteiger partial charge is 0.355 e. The van der Waals surface area contributed by atoms with Gasteiger partial charge in [-0.15, -0.1) is 11.8 Å². The summed E-state index contributed by atoms with van der Waals surface area (Å²) >= 11 is 5.05. The summed E-state index contributed by atoms with van der Waals surface area (Å²) in [4.78, 5) is 12.9. The number of halogens is 1. The number of carbonyl (C=O) groups is 1. The Morgan fingerprint density at radius 2 is 2.00 bits per heavy atom. The van der Waals surface area contributed by atoms with E-state index < -0.39 is 0 Å². The lowest BCUT2D eigenvalue weighted by molar-refractivity contribution is -0.120. The van der Waals surface area contributed by atoms with Gasteiger partial charge in [0.25, 0.3) is 0 Å². The standard InChI is InChI=1S/C13H18BrNOS/c1-9(2)8-15-13(16)10(3)17-12-7-5-4-6-11(12)14/h4-7,9-10H,8H2,1-3H3,(H,15,16). The van der Waals surface area contributed by atoms with E-state index in [4.69, 9.17) is 0 Å². The van der Waals surface area contributed by atoms with Crippen LogP contribution >= 0.6 is 27.7 Å². The van der Waals surface area contributed by atoms with Crippen LogP contribution in [0.5, 0.6) is 0 Å². The molecule has 0 aliphatic rings. The number of benzene rings is 1. The van der Waals surface area contributed by atoms with Crippen LogP contribution in [0.2, 0.25) is 0 Å². The molecule has 94 valence electrons. The van der Waals surface area contributed by atoms with Crippen molar-refractivity contribution in [3.05, 3.63) is 28.7 Å². The Hall–Kier alpha value is -0.480. The van der Waals surface area contributed by atoms with Gasteiger partial charge in [-0.3, -0.25) is 4.79 Å². The number of hydrogen-bond acceptors (Lipinski definition) is 2. The third-order valence-electron chi connectivity index (χ3n) is 2.19. The third kappa shape index (κ3) is 5.13. The van der Waals surface area contributed by atoms with E-state index in [1.54, 1.807) is 11.8 Å². The monoisotopic (exact) mass is 315 g/mol. The van der Waals surface area contributed by atoms with Crippen LogP contribution in [-0.4, -0.2) is 17.7 Å². The maximum atomic E-state index is 11.8. The molecule has 1 aromatic rings. The Kier molecular flexibility index (Phi) is 6.06. The van der Waals surface area contributed by atoms with Gasteiger partial charge in [-0.25, -0.2) is 0 Å². The van der Waals surface area contributed by atoms with Gasteiger partial charge in [0.15, 0.2) is 0 Å². The van der Waals surface area contributed by atoms with Gasteiger partial charge in [-0.1, -0.05) is 26.0 Å². The topological polar surface area (TPSA) is 29.1 Å². The molecule has 1 N–H and O–H groups in total. The minimum absolute atomic E-state index is 0.0764. The number of thioether (sulfide) groups is 1. The minimum Gasteiger partial charge on any atom is -0.355 e. The normalized spacial score (nSPS) is 12.5. The van der Waals surface area contributed by atoms with Crippen molar-refractivity contribution < 1.29 is 4.79 Å². The molecule has 4 heteroatoms. The minimum atomic E-state index is -0.0764. The summed E-state index contributed by atoms with van der Waals surface area (Å²) in [6.45, 7) is 6.84. The highest BCUT2D eigenvalue weighted by Crippen LogP contribution is 2.30. The average molecular weight is 316 g/mol. The first-order valence-electron chi connectivity index (χ1n) is 5.69. The van der Waals surface area contributed by atoms with Gasteiger partial charge in [0.05, 0.1) is 5.25 Å². The van der Waals surface area contributed by atoms with E-state index in [1.165, 1.54) is 0 Å². The van der Waals surface area contributed by atoms with Crippen LogP contribution < -0.4 is 5.32 Å². The molecule has 2 nitrogen and oxygen atoms in total. The van der Waals surface area contributed by atoms with Crippen LogP contribution in [0.4, 0.5) is 0 Å². The number of rotatable bonds is 5. The van der Waals surface area contributed by atoms with E-state index >= 15 is 0 Å². The van der Waals surface area contributed by atoms with Crippen LogP contribution in [0, 0.1) is 5.92 Å². The molecule has 0 aliphatic heterocycles. The second-order valence-corrected chi connectivity index (χ2v) is 6.57. The Morgan fingerprint density at radius 3 is 2.59 bits per heavy atom. The molecule has 1 rings (SSSR count). The second kappa shape index (κ2) is 7.07. The molecular weight excluding hydrogens is 298 g/mol. The van der Waals surface area contributed by atoms with Crippen molar-refractivity contribution in [3.8, 4) is 0 Å². The Labute approximate surface area is 116 Å². The fourth-order valence-electron chi connectivity index (χ4n) is 1.23. The number of nitrogens with one attached hydrogen (secondary N) is 1. The van der Waals surface area contributed by atoms with E-state index in [2.05, 4.69) is 35.1 Å². The lowest BCUT2D eigenvalue weighted by Gasteiger charge is -2.14. The molecule has 0 aromatic heterocycles. The van der Waals surface area contributed by atoms with Crippen LogP contribution in [0.25, 0.3) is 0 Å². The van der Waals surface area contributed by atoms with Crippen molar-refractivity contribution in [2.45, 2.75) is 30.9 Å². The van der Waals surface area contributed by atoms with Crippen molar-refractivity contribution in [2.75, 3.05) is 6.54 Å². The third-order valence-corrected chi connectivity index (χ3v) is 4.33. The van der Waals surface area contributed by atoms with E-state index in [9.17, 15) is 4.79 Å². The predicted octanol–water partition coefficient (Wildman–Crippen LogP) is 3.70. The van der Waals surface area contributed by atoms with Crippen molar-refractivity contribution in [1.29, 1.82) is 0 Å². The molecule has 0 bridgehead atoms. The van der Waals surface area contributed by atoms with Crippen LogP contribution in [0.1, 0.15) is 20.8 Å². The van der Waals surface area contributed by atoms with Gasteiger partial charge < -0.3 is 5.32 Å². The number of carbonyl (C=O) groups excluding carboxylic acids is 1. The van der Waals surface area contributed by atoms with Gasteiger partial charge in [0, 0.05) is 15.9 Å². The van der Waals surface area contributed by atoms with Gasteiger partial charge in [-0.2, -0.15) is 0 Å². The molecule has 0 saturated heterocycles. The van der Waals surface area contributed by atoms with Crippen molar-refractivity contribution in [2.24, 2.45) is 5.92 Å². The highest BCUT2D eigenvalue weighted by atomic mass is 79.9. The first-order chi connectivity index (χ1) is 8.00. The van der Waals surface area contributed by atoms with Gasteiger partial charge in [0.1, 0.15) is 0 Å². The second-order valence-electron chi connectivity index (χ2n) is 4.33. The predicted molar refractivity (Wildman–Crippen MR) is 77.3 cm³/mol. The Morgan fingerprint density at radius 1 is 1.35 bits per heavy atom. The molecular formula is C13H18BrNOS. The molecule has 0 saturated carbocycles. The zero-order chi connectivity index (χ0) is 12.8. The summed E-state index contributed by atoms with van der Waals surface area (Å²) in [6, 6.07) is 7.95. The number of hydrogen-bond donors (Lipinski definition) is 1. The Bertz CT molecular complexity index is 381. The lowest BCUT2D eigenvalue weighted by Crippen LogP contribution is -2.33. The van der Waals surface area contributed by atoms with Crippen molar-refractivity contribution in [3.63, 3.8) is 0 Å².